The maximum absolute atomic E-state index is 13.0. The second-order valence-corrected chi connectivity index (χ2v) is 7.45. The number of rotatable bonds is 4. The molecule has 0 amide bonds. The van der Waals surface area contributed by atoms with Crippen molar-refractivity contribution in [3.05, 3.63) is 71.4 Å². The van der Waals surface area contributed by atoms with Gasteiger partial charge in [0.1, 0.15) is 23.6 Å². The number of benzene rings is 2. The van der Waals surface area contributed by atoms with E-state index in [-0.39, 0.29) is 11.7 Å². The van der Waals surface area contributed by atoms with Gasteiger partial charge in [0.25, 0.3) is 0 Å². The van der Waals surface area contributed by atoms with Crippen molar-refractivity contribution in [3.8, 4) is 22.8 Å². The summed E-state index contributed by atoms with van der Waals surface area (Å²) >= 11 is 0. The van der Waals surface area contributed by atoms with Crippen LogP contribution in [0.15, 0.2) is 65.7 Å². The lowest BCUT2D eigenvalue weighted by atomic mass is 10.1. The molecule has 0 unspecified atom stereocenters. The number of hydrogen-bond acceptors (Lipinski definition) is 6. The highest BCUT2D eigenvalue weighted by molar-refractivity contribution is 5.97. The standard InChI is InChI=1S/C23H21N5O2/c24-21-19-20(15-10-12-18(13-11-15)30-17-8-2-1-3-9-17)27-23(29)28(16-6-4-5-7-16)22(19)26-14-25-21/h1-3,8-14,16H,4-7H2,(H2,24,25,26). The fourth-order valence-electron chi connectivity index (χ4n) is 4.10. The van der Waals surface area contributed by atoms with E-state index in [0.717, 1.165) is 37.0 Å². The minimum Gasteiger partial charge on any atom is -0.457 e. The van der Waals surface area contributed by atoms with E-state index in [2.05, 4.69) is 15.0 Å². The van der Waals surface area contributed by atoms with Gasteiger partial charge in [0.15, 0.2) is 5.65 Å². The van der Waals surface area contributed by atoms with E-state index in [1.165, 1.54) is 6.33 Å². The molecule has 2 heterocycles. The number of ether oxygens (including phenoxy) is 1. The van der Waals surface area contributed by atoms with Crippen molar-refractivity contribution in [1.82, 2.24) is 19.5 Å². The van der Waals surface area contributed by atoms with Crippen LogP contribution in [0.25, 0.3) is 22.3 Å². The van der Waals surface area contributed by atoms with Gasteiger partial charge in [0.2, 0.25) is 0 Å². The molecule has 0 saturated heterocycles. The highest BCUT2D eigenvalue weighted by atomic mass is 16.5. The van der Waals surface area contributed by atoms with E-state index >= 15 is 0 Å². The highest BCUT2D eigenvalue weighted by Gasteiger charge is 2.24. The van der Waals surface area contributed by atoms with Gasteiger partial charge < -0.3 is 10.5 Å². The van der Waals surface area contributed by atoms with Crippen LogP contribution < -0.4 is 16.2 Å². The van der Waals surface area contributed by atoms with Gasteiger partial charge in [-0.3, -0.25) is 4.57 Å². The highest BCUT2D eigenvalue weighted by Crippen LogP contribution is 2.34. The fraction of sp³-hybridized carbons (Fsp3) is 0.217. The Morgan fingerprint density at radius 3 is 2.37 bits per heavy atom. The zero-order chi connectivity index (χ0) is 20.5. The fourth-order valence-corrected chi connectivity index (χ4v) is 4.10. The summed E-state index contributed by atoms with van der Waals surface area (Å²) in [6, 6.07) is 17.1. The summed E-state index contributed by atoms with van der Waals surface area (Å²) in [5.41, 5.74) is 7.72. The normalized spacial score (nSPS) is 14.3. The predicted molar refractivity (Wildman–Crippen MR) is 115 cm³/mol. The molecule has 4 aromatic rings. The average molecular weight is 399 g/mol. The summed E-state index contributed by atoms with van der Waals surface area (Å²) in [6.07, 6.45) is 5.51. The molecule has 30 heavy (non-hydrogen) atoms. The molecule has 1 aliphatic rings. The molecule has 7 nitrogen and oxygen atoms in total. The largest absolute Gasteiger partial charge is 0.457 e. The number of nitrogens with two attached hydrogens (primary N) is 1. The second kappa shape index (κ2) is 7.59. The molecule has 0 radical (unpaired) electrons. The molecule has 1 fully saturated rings. The van der Waals surface area contributed by atoms with Crippen LogP contribution in [0, 0.1) is 0 Å². The molecular formula is C23H21N5O2. The van der Waals surface area contributed by atoms with Crippen molar-refractivity contribution in [2.45, 2.75) is 31.7 Å². The van der Waals surface area contributed by atoms with Crippen molar-refractivity contribution < 1.29 is 4.74 Å². The zero-order valence-electron chi connectivity index (χ0n) is 16.4. The van der Waals surface area contributed by atoms with Crippen LogP contribution in [-0.4, -0.2) is 19.5 Å². The van der Waals surface area contributed by atoms with E-state index in [0.29, 0.717) is 28.3 Å². The molecule has 0 spiro atoms. The Bertz CT molecular complexity index is 1250. The lowest BCUT2D eigenvalue weighted by molar-refractivity contribution is 0.483. The Balaban J connectivity index is 1.59. The van der Waals surface area contributed by atoms with Crippen LogP contribution in [0.4, 0.5) is 5.82 Å². The number of para-hydroxylation sites is 1. The molecule has 5 rings (SSSR count). The summed E-state index contributed by atoms with van der Waals surface area (Å²) in [5.74, 6) is 1.77. The Labute approximate surface area is 173 Å². The molecule has 2 aromatic carbocycles. The first-order valence-corrected chi connectivity index (χ1v) is 10.1. The topological polar surface area (TPSA) is 95.9 Å². The lowest BCUT2D eigenvalue weighted by Gasteiger charge is -2.17. The minimum absolute atomic E-state index is 0.109. The molecule has 0 bridgehead atoms. The number of fused-ring (bicyclic) bond motifs is 1. The molecule has 2 aromatic heterocycles. The number of hydrogen-bond donors (Lipinski definition) is 1. The van der Waals surface area contributed by atoms with Gasteiger partial charge in [-0.05, 0) is 49.2 Å². The van der Waals surface area contributed by atoms with Crippen LogP contribution >= 0.6 is 0 Å². The van der Waals surface area contributed by atoms with E-state index in [1.807, 2.05) is 54.6 Å². The van der Waals surface area contributed by atoms with Gasteiger partial charge >= 0.3 is 5.69 Å². The van der Waals surface area contributed by atoms with Gasteiger partial charge in [-0.2, -0.15) is 4.98 Å². The first-order chi connectivity index (χ1) is 14.7. The maximum Gasteiger partial charge on any atom is 0.350 e. The van der Waals surface area contributed by atoms with Crippen molar-refractivity contribution in [2.24, 2.45) is 0 Å². The van der Waals surface area contributed by atoms with Gasteiger partial charge in [-0.25, -0.2) is 14.8 Å². The summed E-state index contributed by atoms with van der Waals surface area (Å²) < 4.78 is 7.55. The average Bonchev–Trinajstić information content (AvgIpc) is 3.29. The quantitative estimate of drug-likeness (QED) is 0.548. The third kappa shape index (κ3) is 3.28. The lowest BCUT2D eigenvalue weighted by Crippen LogP contribution is -2.28. The molecular weight excluding hydrogens is 378 g/mol. The van der Waals surface area contributed by atoms with E-state index < -0.39 is 0 Å². The molecule has 7 heteroatoms. The summed E-state index contributed by atoms with van der Waals surface area (Å²) in [4.78, 5) is 25.9. The van der Waals surface area contributed by atoms with Gasteiger partial charge in [-0.15, -0.1) is 0 Å². The monoisotopic (exact) mass is 399 g/mol. The minimum atomic E-state index is -0.299. The SMILES string of the molecule is Nc1ncnc2c1c(-c1ccc(Oc3ccccc3)cc1)nc(=O)n2C1CCCC1. The number of nitrogens with zero attached hydrogens (tertiary/aromatic N) is 4. The van der Waals surface area contributed by atoms with Crippen LogP contribution in [0.5, 0.6) is 11.5 Å². The Kier molecular flexibility index (Phi) is 4.63. The maximum atomic E-state index is 13.0. The zero-order valence-corrected chi connectivity index (χ0v) is 16.4. The van der Waals surface area contributed by atoms with Crippen LogP contribution in [0.1, 0.15) is 31.7 Å². The number of aromatic nitrogens is 4. The summed E-state index contributed by atoms with van der Waals surface area (Å²) in [6.45, 7) is 0. The Morgan fingerprint density at radius 1 is 0.933 bits per heavy atom. The van der Waals surface area contributed by atoms with Crippen LogP contribution in [-0.2, 0) is 0 Å². The van der Waals surface area contributed by atoms with Crippen molar-refractivity contribution >= 4 is 16.9 Å². The van der Waals surface area contributed by atoms with Crippen molar-refractivity contribution in [1.29, 1.82) is 0 Å². The number of anilines is 1. The second-order valence-electron chi connectivity index (χ2n) is 7.45. The molecule has 0 atom stereocenters. The van der Waals surface area contributed by atoms with Crippen LogP contribution in [0.2, 0.25) is 0 Å². The smallest absolute Gasteiger partial charge is 0.350 e. The van der Waals surface area contributed by atoms with E-state index in [9.17, 15) is 4.79 Å². The Morgan fingerprint density at radius 2 is 1.63 bits per heavy atom. The first-order valence-electron chi connectivity index (χ1n) is 10.1. The summed E-state index contributed by atoms with van der Waals surface area (Å²) in [5, 5.41) is 0.612. The molecule has 150 valence electrons. The third-order valence-electron chi connectivity index (χ3n) is 5.53. The predicted octanol–water partition coefficient (Wildman–Crippen LogP) is 4.34. The van der Waals surface area contributed by atoms with E-state index in [1.54, 1.807) is 4.57 Å². The van der Waals surface area contributed by atoms with Crippen LogP contribution in [0.3, 0.4) is 0 Å². The van der Waals surface area contributed by atoms with Gasteiger partial charge in [0, 0.05) is 11.6 Å². The van der Waals surface area contributed by atoms with Gasteiger partial charge in [-0.1, -0.05) is 31.0 Å². The molecule has 1 aliphatic carbocycles. The van der Waals surface area contributed by atoms with Gasteiger partial charge in [0.05, 0.1) is 11.1 Å². The van der Waals surface area contributed by atoms with Crippen molar-refractivity contribution in [2.75, 3.05) is 5.73 Å². The Hall–Kier alpha value is -3.74. The summed E-state index contributed by atoms with van der Waals surface area (Å²) in [7, 11) is 0. The molecule has 2 N–H and O–H groups in total. The molecule has 1 saturated carbocycles. The molecule has 0 aliphatic heterocycles. The van der Waals surface area contributed by atoms with Crippen molar-refractivity contribution in [3.63, 3.8) is 0 Å². The number of nitrogen functional groups attached to an aromatic ring is 1. The third-order valence-corrected chi connectivity index (χ3v) is 5.53. The van der Waals surface area contributed by atoms with E-state index in [4.69, 9.17) is 10.5 Å². The first kappa shape index (κ1) is 18.3.